The van der Waals surface area contributed by atoms with E-state index in [-0.39, 0.29) is 12.4 Å². The Morgan fingerprint density at radius 3 is 2.54 bits per heavy atom. The quantitative estimate of drug-likeness (QED) is 0.761. The van der Waals surface area contributed by atoms with E-state index in [0.29, 0.717) is 11.5 Å². The molecule has 0 aromatic heterocycles. The molecule has 0 saturated heterocycles. The topological polar surface area (TPSA) is 20.2 Å². The Morgan fingerprint density at radius 2 is 2.00 bits per heavy atom. The first-order chi connectivity index (χ1) is 6.13. The molecule has 0 aliphatic rings. The average molecular weight is 182 g/mol. The molecule has 72 valence electrons. The van der Waals surface area contributed by atoms with Gasteiger partial charge in [0.25, 0.3) is 0 Å². The molecule has 0 fully saturated rings. The second-order valence-electron chi connectivity index (χ2n) is 3.67. The number of rotatable bonds is 3. The van der Waals surface area contributed by atoms with E-state index in [1.807, 2.05) is 0 Å². The zero-order chi connectivity index (χ0) is 9.84. The molecule has 0 unspecified atom stereocenters. The van der Waals surface area contributed by atoms with Gasteiger partial charge in [-0.25, -0.2) is 4.39 Å². The molecule has 1 aromatic carbocycles. The zero-order valence-corrected chi connectivity index (χ0v) is 8.05. The summed E-state index contributed by atoms with van der Waals surface area (Å²) in [4.78, 5) is 0. The summed E-state index contributed by atoms with van der Waals surface area (Å²) in [6, 6.07) is 4.59. The van der Waals surface area contributed by atoms with Crippen LogP contribution >= 0.6 is 0 Å². The van der Waals surface area contributed by atoms with Crippen LogP contribution in [-0.4, -0.2) is 5.11 Å². The second kappa shape index (κ2) is 4.38. The van der Waals surface area contributed by atoms with Gasteiger partial charge in [0.05, 0.1) is 6.61 Å². The average Bonchev–Trinajstić information content (AvgIpc) is 2.07. The summed E-state index contributed by atoms with van der Waals surface area (Å²) in [7, 11) is 0. The van der Waals surface area contributed by atoms with Gasteiger partial charge in [0.15, 0.2) is 0 Å². The van der Waals surface area contributed by atoms with Crippen LogP contribution in [0.15, 0.2) is 18.2 Å². The van der Waals surface area contributed by atoms with E-state index in [9.17, 15) is 4.39 Å². The normalized spacial score (nSPS) is 10.8. The first kappa shape index (κ1) is 10.2. The van der Waals surface area contributed by atoms with Crippen LogP contribution in [0.25, 0.3) is 0 Å². The Labute approximate surface area is 78.2 Å². The molecule has 13 heavy (non-hydrogen) atoms. The van der Waals surface area contributed by atoms with Crippen molar-refractivity contribution >= 4 is 0 Å². The Bertz CT molecular complexity index is 281. The molecule has 1 N–H and O–H groups in total. The third kappa shape index (κ3) is 2.81. The maximum absolute atomic E-state index is 12.8. The van der Waals surface area contributed by atoms with E-state index in [2.05, 4.69) is 13.8 Å². The van der Waals surface area contributed by atoms with Crippen molar-refractivity contribution in [2.45, 2.75) is 26.9 Å². The fraction of sp³-hybridized carbons (Fsp3) is 0.455. The molecule has 0 aliphatic carbocycles. The van der Waals surface area contributed by atoms with Gasteiger partial charge < -0.3 is 5.11 Å². The van der Waals surface area contributed by atoms with Crippen LogP contribution < -0.4 is 0 Å². The zero-order valence-electron chi connectivity index (χ0n) is 8.05. The van der Waals surface area contributed by atoms with Crippen molar-refractivity contribution in [2.75, 3.05) is 0 Å². The van der Waals surface area contributed by atoms with Crippen LogP contribution in [0.1, 0.15) is 25.0 Å². The van der Waals surface area contributed by atoms with E-state index in [0.717, 1.165) is 12.0 Å². The number of benzene rings is 1. The SMILES string of the molecule is CC(C)Cc1ccc(F)cc1CO. The summed E-state index contributed by atoms with van der Waals surface area (Å²) in [5.41, 5.74) is 1.74. The molecular weight excluding hydrogens is 167 g/mol. The molecule has 1 nitrogen and oxygen atoms in total. The lowest BCUT2D eigenvalue weighted by molar-refractivity contribution is 0.279. The molecule has 1 aromatic rings. The monoisotopic (exact) mass is 182 g/mol. The highest BCUT2D eigenvalue weighted by Crippen LogP contribution is 2.15. The molecule has 0 bridgehead atoms. The largest absolute Gasteiger partial charge is 0.392 e. The van der Waals surface area contributed by atoms with Crippen LogP contribution in [0.2, 0.25) is 0 Å². The second-order valence-corrected chi connectivity index (χ2v) is 3.67. The molecule has 2 heteroatoms. The third-order valence-corrected chi connectivity index (χ3v) is 1.97. The molecule has 0 heterocycles. The molecule has 0 spiro atoms. The summed E-state index contributed by atoms with van der Waals surface area (Å²) in [6.07, 6.45) is 0.885. The predicted molar refractivity (Wildman–Crippen MR) is 50.9 cm³/mol. The molecular formula is C11H15FO. The first-order valence-corrected chi connectivity index (χ1v) is 4.51. The smallest absolute Gasteiger partial charge is 0.123 e. The third-order valence-electron chi connectivity index (χ3n) is 1.97. The Balaban J connectivity index is 2.92. The van der Waals surface area contributed by atoms with Crippen LogP contribution in [0, 0.1) is 11.7 Å². The van der Waals surface area contributed by atoms with E-state index >= 15 is 0 Å². The number of hydrogen-bond acceptors (Lipinski definition) is 1. The molecule has 0 aliphatic heterocycles. The van der Waals surface area contributed by atoms with Gasteiger partial charge in [-0.2, -0.15) is 0 Å². The number of aliphatic hydroxyl groups excluding tert-OH is 1. The van der Waals surface area contributed by atoms with Crippen molar-refractivity contribution in [3.8, 4) is 0 Å². The van der Waals surface area contributed by atoms with Gasteiger partial charge in [-0.15, -0.1) is 0 Å². The first-order valence-electron chi connectivity index (χ1n) is 4.51. The Hall–Kier alpha value is -0.890. The Kier molecular flexibility index (Phi) is 3.43. The van der Waals surface area contributed by atoms with Crippen molar-refractivity contribution in [1.82, 2.24) is 0 Å². The van der Waals surface area contributed by atoms with Gasteiger partial charge in [0.1, 0.15) is 5.82 Å². The van der Waals surface area contributed by atoms with Gasteiger partial charge in [0, 0.05) is 0 Å². The van der Waals surface area contributed by atoms with E-state index < -0.39 is 0 Å². The summed E-state index contributed by atoms with van der Waals surface area (Å²) in [5, 5.41) is 8.99. The van der Waals surface area contributed by atoms with E-state index in [1.54, 1.807) is 6.07 Å². The molecule has 1 rings (SSSR count). The van der Waals surface area contributed by atoms with Crippen molar-refractivity contribution < 1.29 is 9.50 Å². The van der Waals surface area contributed by atoms with Gasteiger partial charge in [-0.05, 0) is 35.6 Å². The van der Waals surface area contributed by atoms with Crippen molar-refractivity contribution in [1.29, 1.82) is 0 Å². The van der Waals surface area contributed by atoms with Crippen molar-refractivity contribution in [2.24, 2.45) is 5.92 Å². The van der Waals surface area contributed by atoms with Crippen molar-refractivity contribution in [3.05, 3.63) is 35.1 Å². The minimum absolute atomic E-state index is 0.0835. The highest BCUT2D eigenvalue weighted by atomic mass is 19.1. The van der Waals surface area contributed by atoms with Gasteiger partial charge in [0.2, 0.25) is 0 Å². The predicted octanol–water partition coefficient (Wildman–Crippen LogP) is 2.52. The molecule has 0 saturated carbocycles. The Morgan fingerprint density at radius 1 is 1.31 bits per heavy atom. The minimum Gasteiger partial charge on any atom is -0.392 e. The maximum Gasteiger partial charge on any atom is 0.123 e. The summed E-state index contributed by atoms with van der Waals surface area (Å²) >= 11 is 0. The van der Waals surface area contributed by atoms with Gasteiger partial charge >= 0.3 is 0 Å². The number of aliphatic hydroxyl groups is 1. The number of hydrogen-bond donors (Lipinski definition) is 1. The number of halogens is 1. The molecule has 0 atom stereocenters. The summed E-state index contributed by atoms with van der Waals surface area (Å²) < 4.78 is 12.8. The van der Waals surface area contributed by atoms with E-state index in [1.165, 1.54) is 12.1 Å². The fourth-order valence-electron chi connectivity index (χ4n) is 1.38. The highest BCUT2D eigenvalue weighted by molar-refractivity contribution is 5.27. The summed E-state index contributed by atoms with van der Waals surface area (Å²) in [6.45, 7) is 4.12. The van der Waals surface area contributed by atoms with Gasteiger partial charge in [-0.3, -0.25) is 0 Å². The fourth-order valence-corrected chi connectivity index (χ4v) is 1.38. The van der Waals surface area contributed by atoms with Crippen LogP contribution in [0.3, 0.4) is 0 Å². The maximum atomic E-state index is 12.8. The van der Waals surface area contributed by atoms with Gasteiger partial charge in [-0.1, -0.05) is 19.9 Å². The van der Waals surface area contributed by atoms with E-state index in [4.69, 9.17) is 5.11 Å². The lowest BCUT2D eigenvalue weighted by Crippen LogP contribution is -2.00. The lowest BCUT2D eigenvalue weighted by Gasteiger charge is -2.09. The molecule has 0 radical (unpaired) electrons. The van der Waals surface area contributed by atoms with Crippen molar-refractivity contribution in [3.63, 3.8) is 0 Å². The van der Waals surface area contributed by atoms with Crippen LogP contribution in [0.5, 0.6) is 0 Å². The highest BCUT2D eigenvalue weighted by Gasteiger charge is 2.04. The van der Waals surface area contributed by atoms with Crippen LogP contribution in [0.4, 0.5) is 4.39 Å². The minimum atomic E-state index is -0.281. The van der Waals surface area contributed by atoms with Crippen LogP contribution in [-0.2, 0) is 13.0 Å². The standard InChI is InChI=1S/C11H15FO/c1-8(2)5-9-3-4-11(12)6-10(9)7-13/h3-4,6,8,13H,5,7H2,1-2H3. The lowest BCUT2D eigenvalue weighted by atomic mass is 9.98. The molecule has 0 amide bonds. The summed E-state index contributed by atoms with van der Waals surface area (Å²) in [5.74, 6) is 0.243.